The maximum atomic E-state index is 13.2. The Morgan fingerprint density at radius 3 is 2.07 bits per heavy atom. The third-order valence-corrected chi connectivity index (χ3v) is 15.9. The third-order valence-electron chi connectivity index (χ3n) is 14.5. The predicted molar refractivity (Wildman–Crippen MR) is 354 cm³/mol. The first-order valence-electron chi connectivity index (χ1n) is 30.8. The first-order valence-corrected chi connectivity index (χ1v) is 32.0. The summed E-state index contributed by atoms with van der Waals surface area (Å²) in [6.45, 7) is 25.8. The number of halogens is 1. The minimum atomic E-state index is -0.931. The number of fused-ring (bicyclic) bond motifs is 3. The number of methoxy groups -OCH3 is 5. The second kappa shape index (κ2) is 41.1. The molecule has 19 nitrogen and oxygen atoms in total. The van der Waals surface area contributed by atoms with E-state index in [1.807, 2.05) is 116 Å². The van der Waals surface area contributed by atoms with E-state index in [-0.39, 0.29) is 30.4 Å². The van der Waals surface area contributed by atoms with Gasteiger partial charge in [0.25, 0.3) is 5.91 Å². The SMILES string of the molecule is CC.CCC(C(=O)N1CCCCC1C(=O)O)C1=CC(OC)=C(OC)C(OC)C1.CCCNC(=O)COc1cccc(CCCc2ccc(OC)c(OC)c2)c1.CCNC(C)=O.CCOCC.Cc1sc2c(c1C)C(c1ccc(Cl)cc1)=NCc1nnc(C)n1-2. The number of hydrogen-bond acceptors (Lipinski definition) is 15. The first-order chi connectivity index (χ1) is 42.9. The van der Waals surface area contributed by atoms with Crippen molar-refractivity contribution in [3.8, 4) is 22.2 Å². The van der Waals surface area contributed by atoms with Gasteiger partial charge in [-0.25, -0.2) is 4.79 Å². The molecule has 0 spiro atoms. The third kappa shape index (κ3) is 23.2. The molecule has 2 aliphatic heterocycles. The molecule has 5 aromatic rings. The lowest BCUT2D eigenvalue weighted by Crippen LogP contribution is -2.50. The Morgan fingerprint density at radius 1 is 0.820 bits per heavy atom. The second-order valence-electron chi connectivity index (χ2n) is 20.5. The van der Waals surface area contributed by atoms with Crippen LogP contribution in [0.1, 0.15) is 145 Å². The number of aliphatic imine (C=N–C) groups is 1. The quantitative estimate of drug-likeness (QED) is 0.0586. The lowest BCUT2D eigenvalue weighted by Gasteiger charge is -2.37. The van der Waals surface area contributed by atoms with Crippen molar-refractivity contribution in [2.45, 2.75) is 153 Å². The molecule has 0 radical (unpaired) electrons. The van der Waals surface area contributed by atoms with Crippen LogP contribution in [0.4, 0.5) is 0 Å². The van der Waals surface area contributed by atoms with E-state index < -0.39 is 17.9 Å². The van der Waals surface area contributed by atoms with Crippen LogP contribution in [0.2, 0.25) is 5.02 Å². The molecule has 4 heterocycles. The van der Waals surface area contributed by atoms with E-state index in [2.05, 4.69) is 51.4 Å². The average Bonchev–Trinajstić information content (AvgIpc) is 1.69. The lowest BCUT2D eigenvalue weighted by molar-refractivity contribution is -0.153. The topological polar surface area (TPSA) is 223 Å². The predicted octanol–water partition coefficient (Wildman–Crippen LogP) is 12.6. The van der Waals surface area contributed by atoms with Crippen LogP contribution in [0.5, 0.6) is 17.2 Å². The number of carboxylic acids is 1. The van der Waals surface area contributed by atoms with Gasteiger partial charge in [-0.05, 0) is 152 Å². The Bertz CT molecular complexity index is 3080. The van der Waals surface area contributed by atoms with E-state index >= 15 is 0 Å². The number of carboxylic acid groups (broad SMARTS) is 1. The van der Waals surface area contributed by atoms with Crippen LogP contribution >= 0.6 is 22.9 Å². The molecule has 1 saturated heterocycles. The average molecular weight is 1270 g/mol. The summed E-state index contributed by atoms with van der Waals surface area (Å²) in [7, 11) is 7.99. The fourth-order valence-corrected chi connectivity index (χ4v) is 11.3. The Kier molecular flexibility index (Phi) is 35.1. The molecule has 3 unspecified atom stereocenters. The smallest absolute Gasteiger partial charge is 0.326 e. The Labute approximate surface area is 537 Å². The fourth-order valence-electron chi connectivity index (χ4n) is 9.97. The maximum Gasteiger partial charge on any atom is 0.326 e. The van der Waals surface area contributed by atoms with Crippen molar-refractivity contribution in [2.24, 2.45) is 10.9 Å². The molecule has 3 amide bonds. The lowest BCUT2D eigenvalue weighted by atomic mass is 9.85. The largest absolute Gasteiger partial charge is 0.494 e. The summed E-state index contributed by atoms with van der Waals surface area (Å²) in [5.41, 5.74) is 7.82. The van der Waals surface area contributed by atoms with E-state index in [4.69, 9.17) is 49.8 Å². The molecule has 8 rings (SSSR count). The van der Waals surface area contributed by atoms with Gasteiger partial charge in [0, 0.05) is 74.3 Å². The molecule has 3 N–H and O–H groups in total. The number of thiophene rings is 1. The number of aliphatic carboxylic acids is 1. The molecule has 1 fully saturated rings. The van der Waals surface area contributed by atoms with Gasteiger partial charge in [-0.15, -0.1) is 21.5 Å². The second-order valence-corrected chi connectivity index (χ2v) is 22.1. The van der Waals surface area contributed by atoms with Crippen molar-refractivity contribution in [3.63, 3.8) is 0 Å². The van der Waals surface area contributed by atoms with Crippen LogP contribution in [0.25, 0.3) is 5.00 Å². The zero-order chi connectivity index (χ0) is 66.0. The first kappa shape index (κ1) is 76.0. The maximum absolute atomic E-state index is 13.2. The van der Waals surface area contributed by atoms with Gasteiger partial charge in [-0.1, -0.05) is 75.2 Å². The van der Waals surface area contributed by atoms with Crippen LogP contribution in [0, 0.1) is 26.7 Å². The van der Waals surface area contributed by atoms with Gasteiger partial charge >= 0.3 is 5.97 Å². The number of rotatable bonds is 22. The van der Waals surface area contributed by atoms with Gasteiger partial charge in [0.1, 0.15) is 35.3 Å². The number of aryl methyl sites for hydroxylation is 4. The molecule has 1 aliphatic carbocycles. The van der Waals surface area contributed by atoms with Gasteiger partial charge in [0.2, 0.25) is 11.8 Å². The number of nitrogens with one attached hydrogen (secondary N) is 2. The molecular weight excluding hydrogens is 1170 g/mol. The van der Waals surface area contributed by atoms with Gasteiger partial charge in [-0.2, -0.15) is 0 Å². The van der Waals surface area contributed by atoms with E-state index in [0.29, 0.717) is 50.4 Å². The van der Waals surface area contributed by atoms with E-state index in [9.17, 15) is 24.3 Å². The standard InChI is InChI=1S/C22H29NO4.C19H29NO6.C17H15ClN4S.C4H9NO.C4H10O.C2H6/c1-4-13-23-22(24)16-27-19-10-6-9-17(14-19)7-5-8-18-11-12-20(25-2)21(15-18)26-3;1-5-13(18(21)20-9-7-6-8-14(20)19(22)23)12-10-15(24-2)17(26-4)16(11-12)25-3;1-9-10(2)23-17-15(9)16(12-4-6-13(18)7-5-12)19-8-14-21-20-11(3)22(14)17;1-3-5-4(2)6;1-3-5-4-2;1-2/h6,9-12,14-15H,4-5,7-8,13,16H2,1-3H3,(H,23,24);10,13-14,16H,5-9,11H2,1-4H3,(H,22,23);4-7H,8H2,1-3H3;3H2,1-2H3,(H,5,6);3-4H2,1-2H3;1-2H3. The summed E-state index contributed by atoms with van der Waals surface area (Å²) in [6, 6.07) is 21.1. The van der Waals surface area contributed by atoms with Crippen LogP contribution in [-0.2, 0) is 57.5 Å². The van der Waals surface area contributed by atoms with Crippen molar-refractivity contribution in [1.29, 1.82) is 0 Å². The summed E-state index contributed by atoms with van der Waals surface area (Å²) in [5.74, 6) is 3.65. The number of piperidine rings is 1. The minimum absolute atomic E-state index is 0.0394. The molecule has 0 bridgehead atoms. The number of aromatic nitrogens is 3. The Balaban J connectivity index is 0.000000317. The Morgan fingerprint density at radius 2 is 1.51 bits per heavy atom. The molecule has 0 saturated carbocycles. The summed E-state index contributed by atoms with van der Waals surface area (Å²) >= 11 is 7.80. The van der Waals surface area contributed by atoms with Crippen molar-refractivity contribution in [2.75, 3.05) is 75.0 Å². The highest BCUT2D eigenvalue weighted by Gasteiger charge is 2.38. The van der Waals surface area contributed by atoms with Crippen molar-refractivity contribution >= 4 is 52.3 Å². The van der Waals surface area contributed by atoms with Crippen LogP contribution < -0.4 is 24.8 Å². The van der Waals surface area contributed by atoms with Crippen LogP contribution in [0.3, 0.4) is 0 Å². The van der Waals surface area contributed by atoms with Gasteiger partial charge < -0.3 is 53.8 Å². The van der Waals surface area contributed by atoms with E-state index in [1.54, 1.807) is 46.9 Å². The number of hydrogen-bond donors (Lipinski definition) is 3. The molecule has 89 heavy (non-hydrogen) atoms. The number of ether oxygens (including phenoxy) is 7. The monoisotopic (exact) mass is 1270 g/mol. The number of amides is 3. The molecule has 3 aromatic carbocycles. The Hall–Kier alpha value is -7.26. The van der Waals surface area contributed by atoms with Crippen molar-refractivity contribution < 1.29 is 57.4 Å². The van der Waals surface area contributed by atoms with Gasteiger partial charge in [0.05, 0.1) is 40.1 Å². The van der Waals surface area contributed by atoms with Gasteiger partial charge in [0.15, 0.2) is 35.4 Å². The number of carbonyl (C=O) groups excluding carboxylic acids is 3. The molecule has 2 aromatic heterocycles. The van der Waals surface area contributed by atoms with Gasteiger partial charge in [-0.3, -0.25) is 23.9 Å². The summed E-state index contributed by atoms with van der Waals surface area (Å²) in [5, 5.41) is 25.2. The van der Waals surface area contributed by atoms with Crippen LogP contribution in [-0.4, -0.2) is 141 Å². The summed E-state index contributed by atoms with van der Waals surface area (Å²) in [6.07, 6.45) is 8.60. The number of allylic oxidation sites excluding steroid dienone is 1. The number of benzene rings is 3. The number of likely N-dealkylation sites (tertiary alicyclic amines) is 1. The zero-order valence-corrected chi connectivity index (χ0v) is 57.0. The van der Waals surface area contributed by atoms with E-state index in [0.717, 1.165) is 114 Å². The minimum Gasteiger partial charge on any atom is -0.494 e. The number of nitrogens with zero attached hydrogens (tertiary/aromatic N) is 5. The molecule has 3 atom stereocenters. The highest BCUT2D eigenvalue weighted by molar-refractivity contribution is 7.15. The van der Waals surface area contributed by atoms with Crippen molar-refractivity contribution in [3.05, 3.63) is 139 Å². The molecule has 21 heteroatoms. The van der Waals surface area contributed by atoms with Crippen LogP contribution in [0.15, 0.2) is 94.9 Å². The molecular formula is C68H98ClN7O12S. The van der Waals surface area contributed by atoms with Crippen molar-refractivity contribution in [1.82, 2.24) is 30.3 Å². The highest BCUT2D eigenvalue weighted by Crippen LogP contribution is 2.38. The molecule has 490 valence electrons. The highest BCUT2D eigenvalue weighted by atomic mass is 35.5. The summed E-state index contributed by atoms with van der Waals surface area (Å²) in [4.78, 5) is 54.0. The fraction of sp³-hybridized carbons (Fsp3) is 0.515. The van der Waals surface area contributed by atoms with E-state index in [1.165, 1.54) is 39.0 Å². The summed E-state index contributed by atoms with van der Waals surface area (Å²) < 4.78 is 39.5. The zero-order valence-electron chi connectivity index (χ0n) is 55.4. The molecule has 3 aliphatic rings. The normalized spacial score (nSPS) is 14.9. The number of carbonyl (C=O) groups is 4.